The number of rotatable bonds is 5. The Balaban J connectivity index is 1.73. The van der Waals surface area contributed by atoms with Crippen molar-refractivity contribution in [3.8, 4) is 0 Å². The summed E-state index contributed by atoms with van der Waals surface area (Å²) < 4.78 is 7.21. The van der Waals surface area contributed by atoms with Crippen molar-refractivity contribution in [1.29, 1.82) is 0 Å². The zero-order valence-electron chi connectivity index (χ0n) is 11.3. The van der Waals surface area contributed by atoms with Gasteiger partial charge in [0.15, 0.2) is 0 Å². The van der Waals surface area contributed by atoms with Crippen molar-refractivity contribution >= 4 is 5.91 Å². The molecule has 0 aliphatic carbocycles. The van der Waals surface area contributed by atoms with Gasteiger partial charge in [-0.15, -0.1) is 0 Å². The lowest BCUT2D eigenvalue weighted by molar-refractivity contribution is 0.0948. The molecular formula is C16H15N3O2. The van der Waals surface area contributed by atoms with Gasteiger partial charge in [-0.05, 0) is 30.3 Å². The molecule has 0 spiro atoms. The molecule has 2 aromatic heterocycles. The predicted molar refractivity (Wildman–Crippen MR) is 77.8 cm³/mol. The SMILES string of the molecule is O=C(NCC(c1ccco1)n1cccn1)c1ccccc1. The summed E-state index contributed by atoms with van der Waals surface area (Å²) in [5.41, 5.74) is 0.635. The summed E-state index contributed by atoms with van der Waals surface area (Å²) in [6.07, 6.45) is 5.17. The molecule has 0 aliphatic rings. The number of hydrogen-bond donors (Lipinski definition) is 1. The largest absolute Gasteiger partial charge is 0.467 e. The smallest absolute Gasteiger partial charge is 0.251 e. The second-order valence-corrected chi connectivity index (χ2v) is 4.59. The number of nitrogens with zero attached hydrogens (tertiary/aromatic N) is 2. The highest BCUT2D eigenvalue weighted by molar-refractivity contribution is 5.94. The number of furan rings is 1. The number of aromatic nitrogens is 2. The standard InChI is InChI=1S/C16H15N3O2/c20-16(13-6-2-1-3-7-13)17-12-14(15-8-4-11-21-15)19-10-5-9-18-19/h1-11,14H,12H2,(H,17,20). The van der Waals surface area contributed by atoms with E-state index in [9.17, 15) is 4.79 Å². The number of benzene rings is 1. The third kappa shape index (κ3) is 3.02. The summed E-state index contributed by atoms with van der Waals surface area (Å²) in [6, 6.07) is 14.5. The lowest BCUT2D eigenvalue weighted by Gasteiger charge is -2.16. The molecule has 1 atom stereocenters. The highest BCUT2D eigenvalue weighted by Crippen LogP contribution is 2.17. The van der Waals surface area contributed by atoms with E-state index < -0.39 is 0 Å². The molecule has 0 aliphatic heterocycles. The van der Waals surface area contributed by atoms with Crippen LogP contribution in [0.3, 0.4) is 0 Å². The third-order valence-electron chi connectivity index (χ3n) is 3.21. The second-order valence-electron chi connectivity index (χ2n) is 4.59. The van der Waals surface area contributed by atoms with Crippen molar-refractivity contribution in [1.82, 2.24) is 15.1 Å². The Morgan fingerprint density at radius 1 is 1.19 bits per heavy atom. The summed E-state index contributed by atoms with van der Waals surface area (Å²) >= 11 is 0. The average Bonchev–Trinajstić information content (AvgIpc) is 3.22. The van der Waals surface area contributed by atoms with Crippen LogP contribution in [-0.4, -0.2) is 22.2 Å². The normalized spacial score (nSPS) is 12.0. The van der Waals surface area contributed by atoms with Crippen LogP contribution in [0.5, 0.6) is 0 Å². The number of carbonyl (C=O) groups excluding carboxylic acids is 1. The highest BCUT2D eigenvalue weighted by Gasteiger charge is 2.18. The van der Waals surface area contributed by atoms with E-state index in [0.29, 0.717) is 12.1 Å². The van der Waals surface area contributed by atoms with Crippen LogP contribution in [0, 0.1) is 0 Å². The predicted octanol–water partition coefficient (Wildman–Crippen LogP) is 2.50. The van der Waals surface area contributed by atoms with Gasteiger partial charge in [-0.3, -0.25) is 9.48 Å². The maximum atomic E-state index is 12.1. The number of carbonyl (C=O) groups is 1. The summed E-state index contributed by atoms with van der Waals surface area (Å²) in [4.78, 5) is 12.1. The van der Waals surface area contributed by atoms with Gasteiger partial charge in [0.05, 0.1) is 6.26 Å². The molecule has 1 aromatic carbocycles. The molecule has 0 saturated carbocycles. The zero-order chi connectivity index (χ0) is 14.5. The van der Waals surface area contributed by atoms with E-state index in [-0.39, 0.29) is 11.9 Å². The van der Waals surface area contributed by atoms with E-state index >= 15 is 0 Å². The topological polar surface area (TPSA) is 60.1 Å². The fourth-order valence-electron chi connectivity index (χ4n) is 2.15. The minimum Gasteiger partial charge on any atom is -0.467 e. The van der Waals surface area contributed by atoms with Crippen molar-refractivity contribution in [3.05, 3.63) is 78.5 Å². The molecule has 0 radical (unpaired) electrons. The van der Waals surface area contributed by atoms with Crippen molar-refractivity contribution in [2.45, 2.75) is 6.04 Å². The van der Waals surface area contributed by atoms with Crippen LogP contribution in [0.1, 0.15) is 22.2 Å². The van der Waals surface area contributed by atoms with E-state index in [0.717, 1.165) is 5.76 Å². The van der Waals surface area contributed by atoms with Crippen LogP contribution in [0.15, 0.2) is 71.6 Å². The Morgan fingerprint density at radius 2 is 2.05 bits per heavy atom. The van der Waals surface area contributed by atoms with E-state index in [1.54, 1.807) is 29.3 Å². The summed E-state index contributed by atoms with van der Waals surface area (Å²) in [5.74, 6) is 0.645. The van der Waals surface area contributed by atoms with Crippen LogP contribution in [0.25, 0.3) is 0 Å². The molecular weight excluding hydrogens is 266 g/mol. The van der Waals surface area contributed by atoms with Gasteiger partial charge in [-0.1, -0.05) is 18.2 Å². The quantitative estimate of drug-likeness (QED) is 0.781. The van der Waals surface area contributed by atoms with Crippen LogP contribution in [0.4, 0.5) is 0 Å². The molecule has 3 rings (SSSR count). The van der Waals surface area contributed by atoms with Gasteiger partial charge >= 0.3 is 0 Å². The zero-order valence-corrected chi connectivity index (χ0v) is 11.3. The van der Waals surface area contributed by atoms with E-state index in [2.05, 4.69) is 10.4 Å². The number of amides is 1. The van der Waals surface area contributed by atoms with Crippen LogP contribution in [0.2, 0.25) is 0 Å². The minimum atomic E-state index is -0.164. The molecule has 5 heteroatoms. The molecule has 106 valence electrons. The molecule has 1 N–H and O–H groups in total. The Labute approximate surface area is 122 Å². The molecule has 0 saturated heterocycles. The van der Waals surface area contributed by atoms with Crippen molar-refractivity contribution in [3.63, 3.8) is 0 Å². The lowest BCUT2D eigenvalue weighted by Crippen LogP contribution is -2.31. The van der Waals surface area contributed by atoms with Crippen LogP contribution in [-0.2, 0) is 0 Å². The summed E-state index contributed by atoms with van der Waals surface area (Å²) in [6.45, 7) is 0.406. The van der Waals surface area contributed by atoms with Crippen LogP contribution < -0.4 is 5.32 Å². The van der Waals surface area contributed by atoms with Gasteiger partial charge in [0.2, 0.25) is 0 Å². The molecule has 5 nitrogen and oxygen atoms in total. The number of nitrogens with one attached hydrogen (secondary N) is 1. The van der Waals surface area contributed by atoms with Crippen LogP contribution >= 0.6 is 0 Å². The molecule has 2 heterocycles. The Kier molecular flexibility index (Phi) is 3.82. The summed E-state index contributed by atoms with van der Waals surface area (Å²) in [5, 5.41) is 7.14. The number of hydrogen-bond acceptors (Lipinski definition) is 3. The first-order valence-electron chi connectivity index (χ1n) is 6.70. The van der Waals surface area contributed by atoms with Gasteiger partial charge in [-0.25, -0.2) is 0 Å². The third-order valence-corrected chi connectivity index (χ3v) is 3.21. The van der Waals surface area contributed by atoms with Crippen molar-refractivity contribution < 1.29 is 9.21 Å². The maximum Gasteiger partial charge on any atom is 0.251 e. The second kappa shape index (κ2) is 6.09. The molecule has 1 unspecified atom stereocenters. The first kappa shape index (κ1) is 13.2. The monoisotopic (exact) mass is 281 g/mol. The molecule has 1 amide bonds. The van der Waals surface area contributed by atoms with Crippen molar-refractivity contribution in [2.75, 3.05) is 6.54 Å². The van der Waals surface area contributed by atoms with E-state index in [1.807, 2.05) is 42.6 Å². The molecule has 0 bridgehead atoms. The summed E-state index contributed by atoms with van der Waals surface area (Å²) in [7, 11) is 0. The van der Waals surface area contributed by atoms with Gasteiger partial charge in [0.1, 0.15) is 11.8 Å². The van der Waals surface area contributed by atoms with Gasteiger partial charge in [0, 0.05) is 24.5 Å². The first-order valence-corrected chi connectivity index (χ1v) is 6.70. The maximum absolute atomic E-state index is 12.1. The van der Waals surface area contributed by atoms with Gasteiger partial charge in [0.25, 0.3) is 5.91 Å². The average molecular weight is 281 g/mol. The Hall–Kier alpha value is -2.82. The fraction of sp³-hybridized carbons (Fsp3) is 0.125. The molecule has 21 heavy (non-hydrogen) atoms. The fourth-order valence-corrected chi connectivity index (χ4v) is 2.15. The van der Waals surface area contributed by atoms with Gasteiger partial charge in [-0.2, -0.15) is 5.10 Å². The van der Waals surface area contributed by atoms with Gasteiger partial charge < -0.3 is 9.73 Å². The Morgan fingerprint density at radius 3 is 2.71 bits per heavy atom. The molecule has 0 fully saturated rings. The first-order chi connectivity index (χ1) is 10.3. The van der Waals surface area contributed by atoms with E-state index in [4.69, 9.17) is 4.42 Å². The minimum absolute atomic E-state index is 0.112. The highest BCUT2D eigenvalue weighted by atomic mass is 16.3. The molecule has 3 aromatic rings. The van der Waals surface area contributed by atoms with Crippen molar-refractivity contribution in [2.24, 2.45) is 0 Å². The lowest BCUT2D eigenvalue weighted by atomic mass is 10.2. The van der Waals surface area contributed by atoms with E-state index in [1.165, 1.54) is 0 Å². The Bertz CT molecular complexity index is 641.